The molecule has 0 radical (unpaired) electrons. The van der Waals surface area contributed by atoms with Crippen LogP contribution < -0.4 is 5.32 Å². The quantitative estimate of drug-likeness (QED) is 0.696. The molecule has 0 saturated carbocycles. The zero-order chi connectivity index (χ0) is 18.3. The molecule has 0 aromatic carbocycles. The van der Waals surface area contributed by atoms with Crippen molar-refractivity contribution in [2.45, 2.75) is 27.7 Å². The van der Waals surface area contributed by atoms with Crippen molar-refractivity contribution >= 4 is 49.8 Å². The first-order valence-electron chi connectivity index (χ1n) is 7.85. The Hall–Kier alpha value is -2.19. The van der Waals surface area contributed by atoms with E-state index in [9.17, 15) is 9.59 Å². The first-order valence-corrected chi connectivity index (χ1v) is 9.48. The van der Waals surface area contributed by atoms with Gasteiger partial charge < -0.3 is 10.1 Å². The zero-order valence-corrected chi connectivity index (χ0v) is 16.4. The maximum Gasteiger partial charge on any atom is 0.341 e. The third-order valence-corrected chi connectivity index (χ3v) is 6.34. The number of amides is 1. The molecule has 132 valence electrons. The van der Waals surface area contributed by atoms with Gasteiger partial charge in [0.15, 0.2) is 0 Å². The second kappa shape index (κ2) is 6.61. The predicted octanol–water partition coefficient (Wildman–Crippen LogP) is 4.05. The minimum Gasteiger partial charge on any atom is -0.462 e. The smallest absolute Gasteiger partial charge is 0.341 e. The van der Waals surface area contributed by atoms with Crippen molar-refractivity contribution in [3.05, 3.63) is 32.6 Å². The number of hydrogen-bond acceptors (Lipinski definition) is 6. The average molecular weight is 377 g/mol. The van der Waals surface area contributed by atoms with E-state index in [0.29, 0.717) is 22.0 Å². The van der Waals surface area contributed by atoms with E-state index in [1.165, 1.54) is 22.7 Å². The maximum absolute atomic E-state index is 12.7. The molecule has 0 saturated heterocycles. The maximum atomic E-state index is 12.7. The Kier molecular flexibility index (Phi) is 4.66. The molecule has 25 heavy (non-hydrogen) atoms. The van der Waals surface area contributed by atoms with E-state index in [0.717, 1.165) is 26.4 Å². The molecular weight excluding hydrogens is 358 g/mol. The van der Waals surface area contributed by atoms with E-state index < -0.39 is 5.97 Å². The number of carbonyl (C=O) groups is 2. The van der Waals surface area contributed by atoms with E-state index in [4.69, 9.17) is 4.74 Å². The molecule has 3 aromatic rings. The standard InChI is InChI=1S/C17H19N3O3S2/c1-6-23-17(22)13-8(2)10(4)24-15(13)18-14(21)12-7-11-9(3)19-20(5)16(11)25-12/h7H,6H2,1-5H3,(H,18,21). The number of thiophene rings is 2. The number of hydrogen-bond donors (Lipinski definition) is 1. The van der Waals surface area contributed by atoms with Gasteiger partial charge in [0.05, 0.1) is 22.7 Å². The number of esters is 1. The van der Waals surface area contributed by atoms with Gasteiger partial charge in [-0.2, -0.15) is 5.10 Å². The molecule has 0 spiro atoms. The summed E-state index contributed by atoms with van der Waals surface area (Å²) in [6, 6.07) is 1.84. The number of carbonyl (C=O) groups excluding carboxylic acids is 2. The number of anilines is 1. The molecule has 6 nitrogen and oxygen atoms in total. The molecule has 1 N–H and O–H groups in total. The van der Waals surface area contributed by atoms with Gasteiger partial charge >= 0.3 is 5.97 Å². The van der Waals surface area contributed by atoms with Gasteiger partial charge in [0.2, 0.25) is 0 Å². The lowest BCUT2D eigenvalue weighted by Gasteiger charge is -2.06. The van der Waals surface area contributed by atoms with Crippen LogP contribution in [0.2, 0.25) is 0 Å². The van der Waals surface area contributed by atoms with E-state index in [2.05, 4.69) is 10.4 Å². The highest BCUT2D eigenvalue weighted by molar-refractivity contribution is 7.21. The summed E-state index contributed by atoms with van der Waals surface area (Å²) in [5.74, 6) is -0.636. The average Bonchev–Trinajstić information content (AvgIpc) is 3.17. The number of fused-ring (bicyclic) bond motifs is 1. The Morgan fingerprint density at radius 3 is 2.64 bits per heavy atom. The van der Waals surface area contributed by atoms with Crippen LogP contribution in [0, 0.1) is 20.8 Å². The summed E-state index contributed by atoms with van der Waals surface area (Å²) in [6.07, 6.45) is 0. The summed E-state index contributed by atoms with van der Waals surface area (Å²) in [6.45, 7) is 7.76. The Balaban J connectivity index is 1.93. The predicted molar refractivity (Wildman–Crippen MR) is 101 cm³/mol. The Morgan fingerprint density at radius 2 is 2.00 bits per heavy atom. The first kappa shape index (κ1) is 17.6. The van der Waals surface area contributed by atoms with Crippen LogP contribution in [0.5, 0.6) is 0 Å². The highest BCUT2D eigenvalue weighted by Crippen LogP contribution is 2.34. The van der Waals surface area contributed by atoms with Crippen LogP contribution in [0.15, 0.2) is 6.07 Å². The fourth-order valence-corrected chi connectivity index (χ4v) is 4.71. The summed E-state index contributed by atoms with van der Waals surface area (Å²) in [5.41, 5.74) is 2.18. The Labute approximate surface area is 153 Å². The molecule has 0 aliphatic carbocycles. The minimum atomic E-state index is -0.406. The van der Waals surface area contributed by atoms with Gasteiger partial charge in [0.25, 0.3) is 5.91 Å². The van der Waals surface area contributed by atoms with Crippen LogP contribution >= 0.6 is 22.7 Å². The lowest BCUT2D eigenvalue weighted by Crippen LogP contribution is -2.13. The number of aryl methyl sites for hydroxylation is 3. The highest BCUT2D eigenvalue weighted by atomic mass is 32.1. The van der Waals surface area contributed by atoms with E-state index in [1.807, 2.05) is 33.9 Å². The van der Waals surface area contributed by atoms with Crippen molar-refractivity contribution < 1.29 is 14.3 Å². The minimum absolute atomic E-state index is 0.229. The van der Waals surface area contributed by atoms with Crippen molar-refractivity contribution in [1.82, 2.24) is 9.78 Å². The molecule has 3 heterocycles. The molecule has 0 aliphatic rings. The van der Waals surface area contributed by atoms with E-state index >= 15 is 0 Å². The van der Waals surface area contributed by atoms with Crippen molar-refractivity contribution in [3.8, 4) is 0 Å². The third kappa shape index (κ3) is 3.07. The summed E-state index contributed by atoms with van der Waals surface area (Å²) in [7, 11) is 1.86. The zero-order valence-electron chi connectivity index (χ0n) is 14.7. The number of ether oxygens (including phenoxy) is 1. The van der Waals surface area contributed by atoms with Gasteiger partial charge in [-0.15, -0.1) is 22.7 Å². The first-order chi connectivity index (χ1) is 11.8. The second-order valence-electron chi connectivity index (χ2n) is 5.70. The van der Waals surface area contributed by atoms with Crippen molar-refractivity contribution in [2.24, 2.45) is 7.05 Å². The van der Waals surface area contributed by atoms with Crippen molar-refractivity contribution in [1.29, 1.82) is 0 Å². The van der Waals surface area contributed by atoms with Gasteiger partial charge in [-0.3, -0.25) is 9.48 Å². The van der Waals surface area contributed by atoms with E-state index in [-0.39, 0.29) is 5.91 Å². The summed E-state index contributed by atoms with van der Waals surface area (Å²) in [5, 5.41) is 8.73. The Morgan fingerprint density at radius 1 is 1.28 bits per heavy atom. The molecule has 8 heteroatoms. The lowest BCUT2D eigenvalue weighted by molar-refractivity contribution is 0.0527. The van der Waals surface area contributed by atoms with Gasteiger partial charge in [-0.25, -0.2) is 4.79 Å². The largest absolute Gasteiger partial charge is 0.462 e. The molecule has 3 rings (SSSR count). The fourth-order valence-electron chi connectivity index (χ4n) is 2.65. The van der Waals surface area contributed by atoms with Crippen LogP contribution in [0.25, 0.3) is 10.2 Å². The van der Waals surface area contributed by atoms with Crippen LogP contribution in [0.3, 0.4) is 0 Å². The SMILES string of the molecule is CCOC(=O)c1c(NC(=O)c2cc3c(C)nn(C)c3s2)sc(C)c1C. The molecule has 0 unspecified atom stereocenters. The monoisotopic (exact) mass is 377 g/mol. The van der Waals surface area contributed by atoms with Crippen molar-refractivity contribution in [3.63, 3.8) is 0 Å². The van der Waals surface area contributed by atoms with E-state index in [1.54, 1.807) is 11.6 Å². The van der Waals surface area contributed by atoms with Gasteiger partial charge in [0.1, 0.15) is 9.83 Å². The van der Waals surface area contributed by atoms with Crippen molar-refractivity contribution in [2.75, 3.05) is 11.9 Å². The lowest BCUT2D eigenvalue weighted by atomic mass is 10.1. The summed E-state index contributed by atoms with van der Waals surface area (Å²) < 4.78 is 6.90. The summed E-state index contributed by atoms with van der Waals surface area (Å²) >= 11 is 2.77. The van der Waals surface area contributed by atoms with Crippen LogP contribution in [0.4, 0.5) is 5.00 Å². The third-order valence-electron chi connectivity index (χ3n) is 4.01. The number of nitrogens with one attached hydrogen (secondary N) is 1. The summed E-state index contributed by atoms with van der Waals surface area (Å²) in [4.78, 5) is 27.4. The number of nitrogens with zero attached hydrogens (tertiary/aromatic N) is 2. The molecule has 0 atom stereocenters. The van der Waals surface area contributed by atoms with Gasteiger partial charge in [0, 0.05) is 17.3 Å². The highest BCUT2D eigenvalue weighted by Gasteiger charge is 2.23. The fraction of sp³-hybridized carbons (Fsp3) is 0.353. The molecule has 3 aromatic heterocycles. The normalized spacial score (nSPS) is 11.1. The van der Waals surface area contributed by atoms with Crippen LogP contribution in [0.1, 0.15) is 43.1 Å². The van der Waals surface area contributed by atoms with Gasteiger partial charge in [-0.05, 0) is 39.3 Å². The molecular formula is C17H19N3O3S2. The molecule has 0 fully saturated rings. The number of rotatable bonds is 4. The molecule has 0 bridgehead atoms. The second-order valence-corrected chi connectivity index (χ2v) is 7.96. The topological polar surface area (TPSA) is 73.2 Å². The molecule has 0 aliphatic heterocycles. The molecule has 1 amide bonds. The van der Waals surface area contributed by atoms with Gasteiger partial charge in [-0.1, -0.05) is 0 Å². The number of aromatic nitrogens is 2. The van der Waals surface area contributed by atoms with Crippen LogP contribution in [-0.4, -0.2) is 28.3 Å². The van der Waals surface area contributed by atoms with Crippen LogP contribution in [-0.2, 0) is 11.8 Å². The Bertz CT molecular complexity index is 947.